The second-order valence-corrected chi connectivity index (χ2v) is 2.53. The molecule has 4 heteroatoms. The molecule has 0 saturated carbocycles. The average molecular weight is 343 g/mol. The van der Waals surface area contributed by atoms with Crippen LogP contribution in [-0.2, 0) is 4.79 Å². The second-order valence-electron chi connectivity index (χ2n) is 1.30. The van der Waals surface area contributed by atoms with Crippen LogP contribution in [0.4, 0.5) is 0 Å². The minimum absolute atomic E-state index is 0. The van der Waals surface area contributed by atoms with Gasteiger partial charge in [0.25, 0.3) is 0 Å². The predicted octanol–water partition coefficient (Wildman–Crippen LogP) is 0.632. The van der Waals surface area contributed by atoms with E-state index in [2.05, 4.69) is 5.32 Å². The van der Waals surface area contributed by atoms with E-state index in [9.17, 15) is 4.79 Å². The minimum atomic E-state index is -0.0417. The Hall–Kier alpha value is 1.42. The van der Waals surface area contributed by atoms with E-state index in [4.69, 9.17) is 0 Å². The molecule has 1 fully saturated rings. The molecule has 0 N–H and O–H groups in total. The molecule has 1 saturated heterocycles. The summed E-state index contributed by atoms with van der Waals surface area (Å²) in [6.45, 7) is 0.855. The number of hydrogen-bond acceptors (Lipinski definition) is 2. The van der Waals surface area contributed by atoms with Crippen molar-refractivity contribution in [1.82, 2.24) is 0 Å². The molecule has 0 bridgehead atoms. The van der Waals surface area contributed by atoms with Crippen molar-refractivity contribution in [2.75, 3.05) is 12.3 Å². The molecule has 1 atom stereocenters. The van der Waals surface area contributed by atoms with Gasteiger partial charge in [0, 0.05) is 44.1 Å². The van der Waals surface area contributed by atoms with Gasteiger partial charge in [0.15, 0.2) is 0 Å². The van der Waals surface area contributed by atoms with Crippen LogP contribution >= 0.6 is 11.8 Å². The molecule has 0 spiro atoms. The molecule has 1 radical (unpaired) electrons. The van der Waals surface area contributed by atoms with Gasteiger partial charge in [-0.2, -0.15) is 11.8 Å². The summed E-state index contributed by atoms with van der Waals surface area (Å²) in [7, 11) is 0. The molecule has 0 aromatic heterocycles. The Bertz CT molecular complexity index is 74.4. The van der Waals surface area contributed by atoms with Crippen molar-refractivity contribution in [2.45, 2.75) is 5.37 Å². The van der Waals surface area contributed by atoms with E-state index in [-0.39, 0.29) is 49.4 Å². The molecule has 1 heterocycles. The van der Waals surface area contributed by atoms with Crippen molar-refractivity contribution in [3.05, 3.63) is 5.32 Å². The van der Waals surface area contributed by atoms with E-state index in [1.54, 1.807) is 11.8 Å². The summed E-state index contributed by atoms with van der Waals surface area (Å²) >= 11 is 1.61. The smallest absolute Gasteiger partial charge is 0.112 e. The molecule has 0 amide bonds. The van der Waals surface area contributed by atoms with Crippen LogP contribution in [0.3, 0.4) is 0 Å². The molecule has 1 aliphatic heterocycles. The Labute approximate surface area is 88.7 Å². The number of thioether (sulfide) groups is 1. The van der Waals surface area contributed by atoms with Crippen molar-refractivity contribution in [3.63, 3.8) is 0 Å². The number of rotatable bonds is 1. The van der Waals surface area contributed by atoms with Crippen molar-refractivity contribution >= 4 is 18.0 Å². The largest absolute Gasteiger partial charge is 0.644 e. The second kappa shape index (κ2) is 5.23. The topological polar surface area (TPSA) is 31.2 Å². The zero-order valence-corrected chi connectivity index (χ0v) is 9.97. The summed E-state index contributed by atoms with van der Waals surface area (Å²) in [6, 6.07) is 0. The number of aldehydes is 1. The molecular formula is C4H6AcNOS-. The first-order valence-electron chi connectivity index (χ1n) is 2.17. The quantitative estimate of drug-likeness (QED) is 0.654. The maximum absolute atomic E-state index is 9.89. The van der Waals surface area contributed by atoms with Gasteiger partial charge in [-0.15, -0.1) is 6.54 Å². The van der Waals surface area contributed by atoms with Gasteiger partial charge < -0.3 is 10.1 Å². The summed E-state index contributed by atoms with van der Waals surface area (Å²) < 4.78 is 0. The summed E-state index contributed by atoms with van der Waals surface area (Å²) in [4.78, 5) is 9.89. The Kier molecular flexibility index (Phi) is 6.15. The fourth-order valence-corrected chi connectivity index (χ4v) is 1.23. The van der Waals surface area contributed by atoms with Gasteiger partial charge in [0.2, 0.25) is 0 Å². The maximum atomic E-state index is 9.89. The number of hydrogen-bond donors (Lipinski definition) is 0. The number of carbonyl (C=O) groups excluding carboxylic acids is 1. The Balaban J connectivity index is 0.000000490. The normalized spacial score (nSPS) is 26.8. The third-order valence-corrected chi connectivity index (χ3v) is 1.83. The van der Waals surface area contributed by atoms with Crippen molar-refractivity contribution in [1.29, 1.82) is 0 Å². The first-order valence-corrected chi connectivity index (χ1v) is 3.22. The zero-order valence-electron chi connectivity index (χ0n) is 4.41. The summed E-state index contributed by atoms with van der Waals surface area (Å²) in [5, 5.41) is 3.91. The Morgan fingerprint density at radius 3 is 2.75 bits per heavy atom. The first kappa shape index (κ1) is 9.42. The fourth-order valence-electron chi connectivity index (χ4n) is 0.488. The Morgan fingerprint density at radius 1 is 1.75 bits per heavy atom. The van der Waals surface area contributed by atoms with Gasteiger partial charge in [0.1, 0.15) is 6.29 Å². The molecule has 2 nitrogen and oxygen atoms in total. The van der Waals surface area contributed by atoms with Gasteiger partial charge in [-0.25, -0.2) is 0 Å². The van der Waals surface area contributed by atoms with Gasteiger partial charge in [-0.1, -0.05) is 0 Å². The van der Waals surface area contributed by atoms with Crippen molar-refractivity contribution in [3.8, 4) is 0 Å². The summed E-state index contributed by atoms with van der Waals surface area (Å²) in [5.74, 6) is 1.02. The van der Waals surface area contributed by atoms with Crippen LogP contribution in [0.25, 0.3) is 5.32 Å². The van der Waals surface area contributed by atoms with E-state index < -0.39 is 0 Å². The molecule has 0 aromatic rings. The van der Waals surface area contributed by atoms with E-state index >= 15 is 0 Å². The molecule has 1 unspecified atom stereocenters. The van der Waals surface area contributed by atoms with Gasteiger partial charge in [0.05, 0.1) is 0 Å². The zero-order chi connectivity index (χ0) is 5.11. The van der Waals surface area contributed by atoms with Gasteiger partial charge >= 0.3 is 0 Å². The molecule has 1 rings (SSSR count). The van der Waals surface area contributed by atoms with Crippen molar-refractivity contribution in [2.24, 2.45) is 0 Å². The van der Waals surface area contributed by atoms with Crippen LogP contribution in [0.5, 0.6) is 0 Å². The third kappa shape index (κ3) is 2.82. The van der Waals surface area contributed by atoms with E-state index in [1.165, 1.54) is 0 Å². The van der Waals surface area contributed by atoms with Crippen LogP contribution in [-0.4, -0.2) is 24.0 Å². The third-order valence-electron chi connectivity index (χ3n) is 0.805. The number of nitrogens with zero attached hydrogens (tertiary/aromatic N) is 1. The van der Waals surface area contributed by atoms with Crippen LogP contribution in [0.15, 0.2) is 0 Å². The Morgan fingerprint density at radius 2 is 2.50 bits per heavy atom. The molecule has 1 aliphatic rings. The molecule has 8 heavy (non-hydrogen) atoms. The maximum Gasteiger partial charge on any atom is 0.112 e. The molecule has 43 valence electrons. The minimum Gasteiger partial charge on any atom is -0.644 e. The van der Waals surface area contributed by atoms with Crippen LogP contribution in [0.2, 0.25) is 0 Å². The monoisotopic (exact) mass is 343 g/mol. The standard InChI is InChI=1S/C4H6NOS.Ac/c6-3-4-5-1-2-7-4;/h3-4H,1-2H2;/q-1;. The first-order chi connectivity index (χ1) is 3.43. The van der Waals surface area contributed by atoms with Crippen molar-refractivity contribution < 1.29 is 48.9 Å². The summed E-state index contributed by atoms with van der Waals surface area (Å²) in [5.41, 5.74) is 0. The van der Waals surface area contributed by atoms with Gasteiger partial charge in [-0.3, -0.25) is 0 Å². The van der Waals surface area contributed by atoms with Crippen LogP contribution in [0.1, 0.15) is 0 Å². The summed E-state index contributed by atoms with van der Waals surface area (Å²) in [6.07, 6.45) is 0.887. The molecule has 0 aliphatic carbocycles. The van der Waals surface area contributed by atoms with E-state index in [1.807, 2.05) is 0 Å². The SMILES string of the molecule is O=CC1[N-]CCS1.[Ac]. The van der Waals surface area contributed by atoms with Gasteiger partial charge in [-0.05, 0) is 11.1 Å². The van der Waals surface area contributed by atoms with Crippen LogP contribution < -0.4 is 0 Å². The predicted molar refractivity (Wildman–Crippen MR) is 30.5 cm³/mol. The van der Waals surface area contributed by atoms with Crippen LogP contribution in [0, 0.1) is 44.1 Å². The van der Waals surface area contributed by atoms with E-state index in [0.717, 1.165) is 18.6 Å². The molecular weight excluding hydrogens is 337 g/mol. The average Bonchev–Trinajstić information content (AvgIpc) is 2.14. The fraction of sp³-hybridized carbons (Fsp3) is 0.750. The molecule has 0 aromatic carbocycles. The van der Waals surface area contributed by atoms with E-state index in [0.29, 0.717) is 0 Å². The number of carbonyl (C=O) groups is 1.